The molecule has 0 aliphatic rings. The highest BCUT2D eigenvalue weighted by atomic mass is 19.1. The summed E-state index contributed by atoms with van der Waals surface area (Å²) in [6.07, 6.45) is 3.21. The van der Waals surface area contributed by atoms with Crippen molar-refractivity contribution in [3.05, 3.63) is 101 Å². The number of rotatable bonds is 6. The van der Waals surface area contributed by atoms with Crippen molar-refractivity contribution in [2.24, 2.45) is 0 Å². The Hall–Kier alpha value is -4.27. The Morgan fingerprint density at radius 1 is 1.03 bits per heavy atom. The molecule has 5 rings (SSSR count). The number of carbonyl (C=O) groups excluding carboxylic acids is 1. The average molecular weight is 476 g/mol. The maximum Gasteiger partial charge on any atom is 0.258 e. The summed E-state index contributed by atoms with van der Waals surface area (Å²) in [6, 6.07) is 9.48. The standard InChI is InChI=1S/C26H19F3N4O2/c1-14-12-33-24(23(34)10-16-8-9-30-22-7-6-17(27)11-18(16)22)15(2)32-25(33)26(31-14)35-13-19-20(28)4-3-5-21(19)29/h3-9,11-12H,10,13H2,1-2H3. The first-order valence-electron chi connectivity index (χ1n) is 10.8. The number of aromatic nitrogens is 4. The molecule has 0 saturated heterocycles. The highest BCUT2D eigenvalue weighted by Crippen LogP contribution is 2.25. The van der Waals surface area contributed by atoms with E-state index >= 15 is 0 Å². The number of benzene rings is 2. The van der Waals surface area contributed by atoms with Crippen LogP contribution in [0.2, 0.25) is 0 Å². The van der Waals surface area contributed by atoms with Crippen LogP contribution in [0.1, 0.15) is 33.0 Å². The predicted octanol–water partition coefficient (Wildman–Crippen LogP) is 5.32. The highest BCUT2D eigenvalue weighted by Gasteiger charge is 2.22. The third kappa shape index (κ3) is 4.21. The second kappa shape index (κ2) is 8.83. The van der Waals surface area contributed by atoms with Gasteiger partial charge in [-0.3, -0.25) is 14.2 Å². The van der Waals surface area contributed by atoms with E-state index in [1.165, 1.54) is 18.2 Å². The molecule has 0 fully saturated rings. The molecule has 5 aromatic rings. The summed E-state index contributed by atoms with van der Waals surface area (Å²) in [5.74, 6) is -2.08. The van der Waals surface area contributed by atoms with Gasteiger partial charge in [0.05, 0.1) is 22.5 Å². The molecule has 0 N–H and O–H groups in total. The van der Waals surface area contributed by atoms with Gasteiger partial charge in [-0.2, -0.15) is 0 Å². The van der Waals surface area contributed by atoms with E-state index in [2.05, 4.69) is 15.0 Å². The number of pyridine rings is 1. The maximum absolute atomic E-state index is 14.0. The molecule has 0 radical (unpaired) electrons. The summed E-state index contributed by atoms with van der Waals surface area (Å²) in [5, 5.41) is 0.557. The monoisotopic (exact) mass is 476 g/mol. The van der Waals surface area contributed by atoms with Gasteiger partial charge >= 0.3 is 0 Å². The minimum atomic E-state index is -0.731. The van der Waals surface area contributed by atoms with Crippen molar-refractivity contribution >= 4 is 22.3 Å². The Balaban J connectivity index is 1.51. The predicted molar refractivity (Wildman–Crippen MR) is 123 cm³/mol. The SMILES string of the molecule is Cc1cn2c(C(=O)Cc3ccnc4ccc(F)cc34)c(C)nc2c(OCc2c(F)cccc2F)n1. The lowest BCUT2D eigenvalue weighted by Crippen LogP contribution is -2.10. The minimum absolute atomic E-state index is 0.00486. The van der Waals surface area contributed by atoms with Crippen LogP contribution in [0.4, 0.5) is 13.2 Å². The molecule has 0 atom stereocenters. The number of hydrogen-bond acceptors (Lipinski definition) is 5. The van der Waals surface area contributed by atoms with E-state index in [9.17, 15) is 18.0 Å². The van der Waals surface area contributed by atoms with Crippen molar-refractivity contribution in [2.45, 2.75) is 26.9 Å². The normalized spacial score (nSPS) is 11.3. The van der Waals surface area contributed by atoms with E-state index in [4.69, 9.17) is 4.74 Å². The van der Waals surface area contributed by atoms with Crippen LogP contribution in [-0.2, 0) is 13.0 Å². The zero-order chi connectivity index (χ0) is 24.7. The van der Waals surface area contributed by atoms with Gasteiger partial charge in [0, 0.05) is 24.2 Å². The van der Waals surface area contributed by atoms with Gasteiger partial charge in [-0.1, -0.05) is 6.07 Å². The zero-order valence-corrected chi connectivity index (χ0v) is 18.8. The van der Waals surface area contributed by atoms with Gasteiger partial charge in [-0.15, -0.1) is 0 Å². The van der Waals surface area contributed by atoms with E-state index in [0.717, 1.165) is 12.1 Å². The van der Waals surface area contributed by atoms with Crippen molar-refractivity contribution in [3.8, 4) is 5.88 Å². The summed E-state index contributed by atoms with van der Waals surface area (Å²) in [5.41, 5.74) is 2.50. The molecule has 2 aromatic carbocycles. The molecule has 0 aliphatic carbocycles. The number of imidazole rings is 1. The number of nitrogens with zero attached hydrogens (tertiary/aromatic N) is 4. The van der Waals surface area contributed by atoms with Crippen molar-refractivity contribution < 1.29 is 22.7 Å². The molecule has 0 saturated carbocycles. The van der Waals surface area contributed by atoms with Crippen LogP contribution in [0.5, 0.6) is 5.88 Å². The lowest BCUT2D eigenvalue weighted by Gasteiger charge is -2.10. The molecule has 0 amide bonds. The summed E-state index contributed by atoms with van der Waals surface area (Å²) >= 11 is 0. The van der Waals surface area contributed by atoms with E-state index in [1.807, 2.05) is 0 Å². The molecular weight excluding hydrogens is 457 g/mol. The summed E-state index contributed by atoms with van der Waals surface area (Å²) in [7, 11) is 0. The molecule has 3 aromatic heterocycles. The van der Waals surface area contributed by atoms with Crippen LogP contribution in [0.15, 0.2) is 54.9 Å². The van der Waals surface area contributed by atoms with Crippen LogP contribution in [0.3, 0.4) is 0 Å². The summed E-state index contributed by atoms with van der Waals surface area (Å²) < 4.78 is 49.1. The van der Waals surface area contributed by atoms with Crippen LogP contribution in [-0.4, -0.2) is 25.1 Å². The van der Waals surface area contributed by atoms with E-state index in [1.54, 1.807) is 42.8 Å². The molecule has 0 unspecified atom stereocenters. The third-order valence-electron chi connectivity index (χ3n) is 5.69. The van der Waals surface area contributed by atoms with Gasteiger partial charge in [0.15, 0.2) is 5.78 Å². The van der Waals surface area contributed by atoms with Gasteiger partial charge in [0.2, 0.25) is 5.65 Å². The fraction of sp³-hybridized carbons (Fsp3) is 0.154. The minimum Gasteiger partial charge on any atom is -0.470 e. The molecule has 0 spiro atoms. The van der Waals surface area contributed by atoms with Crippen LogP contribution in [0, 0.1) is 31.3 Å². The van der Waals surface area contributed by atoms with Gasteiger partial charge in [-0.05, 0) is 55.8 Å². The number of ether oxygens (including phenoxy) is 1. The Morgan fingerprint density at radius 2 is 1.80 bits per heavy atom. The molecule has 6 nitrogen and oxygen atoms in total. The molecular formula is C26H19F3N4O2. The smallest absolute Gasteiger partial charge is 0.258 e. The maximum atomic E-state index is 14.0. The fourth-order valence-corrected chi connectivity index (χ4v) is 4.08. The number of Topliss-reactive ketones (excluding diaryl/α,β-unsaturated/α-hetero) is 1. The van der Waals surface area contributed by atoms with E-state index in [-0.39, 0.29) is 29.3 Å². The lowest BCUT2D eigenvalue weighted by molar-refractivity contribution is 0.0987. The zero-order valence-electron chi connectivity index (χ0n) is 18.8. The molecule has 35 heavy (non-hydrogen) atoms. The third-order valence-corrected chi connectivity index (χ3v) is 5.69. The van der Waals surface area contributed by atoms with Gasteiger partial charge in [-0.25, -0.2) is 23.1 Å². The topological polar surface area (TPSA) is 69.4 Å². The Bertz CT molecular complexity index is 1590. The molecule has 0 bridgehead atoms. The van der Waals surface area contributed by atoms with Crippen molar-refractivity contribution in [1.29, 1.82) is 0 Å². The Labute approximate surface area is 198 Å². The number of fused-ring (bicyclic) bond motifs is 2. The lowest BCUT2D eigenvalue weighted by atomic mass is 10.0. The van der Waals surface area contributed by atoms with Crippen LogP contribution in [0.25, 0.3) is 16.6 Å². The molecule has 176 valence electrons. The second-order valence-corrected chi connectivity index (χ2v) is 8.15. The highest BCUT2D eigenvalue weighted by molar-refractivity contribution is 6.00. The number of halogens is 3. The van der Waals surface area contributed by atoms with Crippen molar-refractivity contribution in [2.75, 3.05) is 0 Å². The quantitative estimate of drug-likeness (QED) is 0.311. The average Bonchev–Trinajstić information content (AvgIpc) is 3.14. The fourth-order valence-electron chi connectivity index (χ4n) is 4.08. The molecule has 0 aliphatic heterocycles. The Morgan fingerprint density at radius 3 is 2.57 bits per heavy atom. The van der Waals surface area contributed by atoms with Crippen LogP contribution < -0.4 is 4.74 Å². The number of ketones is 1. The molecule has 9 heteroatoms. The number of hydrogen-bond donors (Lipinski definition) is 0. The largest absolute Gasteiger partial charge is 0.470 e. The van der Waals surface area contributed by atoms with Crippen LogP contribution >= 0.6 is 0 Å². The first kappa shape index (κ1) is 22.5. The summed E-state index contributed by atoms with van der Waals surface area (Å²) in [6.45, 7) is 2.99. The number of carbonyl (C=O) groups is 1. The number of aryl methyl sites for hydroxylation is 2. The van der Waals surface area contributed by atoms with Crippen molar-refractivity contribution in [3.63, 3.8) is 0 Å². The van der Waals surface area contributed by atoms with Gasteiger partial charge in [0.25, 0.3) is 5.88 Å². The molecule has 3 heterocycles. The summed E-state index contributed by atoms with van der Waals surface area (Å²) in [4.78, 5) is 26.4. The van der Waals surface area contributed by atoms with Crippen molar-refractivity contribution in [1.82, 2.24) is 19.4 Å². The Kier molecular flexibility index (Phi) is 5.68. The van der Waals surface area contributed by atoms with E-state index in [0.29, 0.717) is 33.5 Å². The van der Waals surface area contributed by atoms with Gasteiger partial charge in [0.1, 0.15) is 29.8 Å². The van der Waals surface area contributed by atoms with Gasteiger partial charge < -0.3 is 4.74 Å². The van der Waals surface area contributed by atoms with E-state index < -0.39 is 24.1 Å². The second-order valence-electron chi connectivity index (χ2n) is 8.15. The first-order chi connectivity index (χ1) is 16.8. The first-order valence-corrected chi connectivity index (χ1v) is 10.8.